The maximum Gasteiger partial charge on any atom is 0.147 e. The predicted molar refractivity (Wildman–Crippen MR) is 126 cm³/mol. The zero-order chi connectivity index (χ0) is 25.9. The minimum Gasteiger partial charge on any atom is -0.392 e. The molecular formula is C26H46O9. The average Bonchev–Trinajstić information content (AvgIpc) is 3.06. The Morgan fingerprint density at radius 1 is 0.800 bits per heavy atom. The van der Waals surface area contributed by atoms with Gasteiger partial charge in [-0.15, -0.1) is 0 Å². The van der Waals surface area contributed by atoms with Gasteiger partial charge in [0.2, 0.25) is 0 Å². The van der Waals surface area contributed by atoms with E-state index < -0.39 is 45.8 Å². The normalized spacial score (nSPS) is 50.6. The highest BCUT2D eigenvalue weighted by Crippen LogP contribution is 2.71. The molecule has 0 aromatic heterocycles. The molecule has 9 nitrogen and oxygen atoms in total. The summed E-state index contributed by atoms with van der Waals surface area (Å²) in [4.78, 5) is 0. The van der Waals surface area contributed by atoms with E-state index in [-0.39, 0.29) is 38.3 Å². The van der Waals surface area contributed by atoms with E-state index in [1.165, 1.54) is 0 Å². The summed E-state index contributed by atoms with van der Waals surface area (Å²) in [6, 6.07) is 0. The molecule has 0 amide bonds. The third-order valence-electron chi connectivity index (χ3n) is 10.5. The Morgan fingerprint density at radius 3 is 2.06 bits per heavy atom. The van der Waals surface area contributed by atoms with Gasteiger partial charge in [-0.3, -0.25) is 0 Å². The number of fused-ring (bicyclic) bond motifs is 2. The van der Waals surface area contributed by atoms with Crippen molar-refractivity contribution in [2.75, 3.05) is 41.7 Å². The van der Waals surface area contributed by atoms with Gasteiger partial charge in [0.1, 0.15) is 26.0 Å². The summed E-state index contributed by atoms with van der Waals surface area (Å²) in [5.74, 6) is -0.513. The molecule has 2 bridgehead atoms. The molecule has 35 heavy (non-hydrogen) atoms. The maximum atomic E-state index is 12.3. The topological polar surface area (TPSA) is 116 Å². The van der Waals surface area contributed by atoms with Crippen LogP contribution < -0.4 is 0 Å². The summed E-state index contributed by atoms with van der Waals surface area (Å²) >= 11 is 0. The molecule has 0 aliphatic heterocycles. The number of hydrogen-bond donors (Lipinski definition) is 3. The van der Waals surface area contributed by atoms with Crippen LogP contribution in [0, 0.1) is 28.6 Å². The summed E-state index contributed by atoms with van der Waals surface area (Å²) in [6.07, 6.45) is 0.788. The minimum atomic E-state index is -1.56. The fourth-order valence-corrected chi connectivity index (χ4v) is 8.87. The first-order valence-corrected chi connectivity index (χ1v) is 12.8. The molecule has 4 rings (SSSR count). The van der Waals surface area contributed by atoms with E-state index in [2.05, 4.69) is 6.92 Å². The van der Waals surface area contributed by atoms with E-state index in [4.69, 9.17) is 28.4 Å². The van der Waals surface area contributed by atoms with Gasteiger partial charge in [0.25, 0.3) is 0 Å². The van der Waals surface area contributed by atoms with Gasteiger partial charge in [-0.2, -0.15) is 0 Å². The largest absolute Gasteiger partial charge is 0.392 e. The van der Waals surface area contributed by atoms with Crippen LogP contribution in [0.5, 0.6) is 0 Å². The number of aliphatic hydroxyl groups excluding tert-OH is 2. The van der Waals surface area contributed by atoms with Gasteiger partial charge in [-0.1, -0.05) is 13.8 Å². The average molecular weight is 503 g/mol. The maximum absolute atomic E-state index is 12.3. The number of aliphatic hydroxyl groups is 3. The van der Waals surface area contributed by atoms with Crippen LogP contribution in [0.1, 0.15) is 59.8 Å². The van der Waals surface area contributed by atoms with E-state index in [0.717, 1.165) is 12.8 Å². The second-order valence-electron chi connectivity index (χ2n) is 12.3. The van der Waals surface area contributed by atoms with E-state index in [0.29, 0.717) is 19.3 Å². The molecule has 1 spiro atoms. The van der Waals surface area contributed by atoms with Crippen LogP contribution in [0.4, 0.5) is 0 Å². The van der Waals surface area contributed by atoms with Gasteiger partial charge in [0.05, 0.1) is 29.5 Å². The SMILES string of the molecule is COCO[C@@H]1[C@H]2CC[C@@H]3[C@]1(C[C@@H](O)[C@@]1(O)[C@@H](C[C@H](O)C1(C)C)[C@]3(C)OCOC)C[C@@]2(C)OCOC. The Hall–Kier alpha value is -0.360. The molecule has 3 N–H and O–H groups in total. The Bertz CT molecular complexity index is 763. The summed E-state index contributed by atoms with van der Waals surface area (Å²) in [7, 11) is 4.79. The quantitative estimate of drug-likeness (QED) is 0.407. The lowest BCUT2D eigenvalue weighted by molar-refractivity contribution is -0.244. The van der Waals surface area contributed by atoms with Crippen molar-refractivity contribution in [3.63, 3.8) is 0 Å². The van der Waals surface area contributed by atoms with Crippen molar-refractivity contribution >= 4 is 0 Å². The third-order valence-corrected chi connectivity index (χ3v) is 10.5. The Labute approximate surface area is 209 Å². The van der Waals surface area contributed by atoms with Crippen LogP contribution in [0.2, 0.25) is 0 Å². The second-order valence-corrected chi connectivity index (χ2v) is 12.3. The van der Waals surface area contributed by atoms with Crippen LogP contribution >= 0.6 is 0 Å². The third kappa shape index (κ3) is 3.76. The fraction of sp³-hybridized carbons (Fsp3) is 1.00. The van der Waals surface area contributed by atoms with Crippen molar-refractivity contribution in [2.45, 2.75) is 94.9 Å². The Kier molecular flexibility index (Phi) is 7.46. The van der Waals surface area contributed by atoms with E-state index in [1.807, 2.05) is 20.8 Å². The van der Waals surface area contributed by atoms with Gasteiger partial charge in [0.15, 0.2) is 0 Å². The smallest absolute Gasteiger partial charge is 0.147 e. The second kappa shape index (κ2) is 9.43. The zero-order valence-electron chi connectivity index (χ0n) is 22.4. The standard InChI is InChI=1S/C26H46O9/c1-22(2)19(27)10-18-24(4,35-15-32-7)17-9-8-16-21(33-13-30-5)25(17,11-20(28)26(18,22)29)12-23(16,3)34-14-31-6/h16-21,27-29H,8-15H2,1-7H3/t16-,17+,18+,19+,20-,21-,23-,24-,25+,26+/m1/s1. The van der Waals surface area contributed by atoms with Crippen molar-refractivity contribution in [3.8, 4) is 0 Å². The van der Waals surface area contributed by atoms with Gasteiger partial charge >= 0.3 is 0 Å². The highest BCUT2D eigenvalue weighted by Gasteiger charge is 2.77. The number of methoxy groups -OCH3 is 3. The summed E-state index contributed by atoms with van der Waals surface area (Å²) in [5.41, 5.74) is -4.47. The lowest BCUT2D eigenvalue weighted by Crippen LogP contribution is -2.61. The molecule has 4 saturated carbocycles. The highest BCUT2D eigenvalue weighted by atomic mass is 16.7. The molecule has 0 radical (unpaired) electrons. The Morgan fingerprint density at radius 2 is 1.43 bits per heavy atom. The molecule has 0 saturated heterocycles. The van der Waals surface area contributed by atoms with Crippen LogP contribution in [0.3, 0.4) is 0 Å². The summed E-state index contributed by atoms with van der Waals surface area (Å²) in [5, 5.41) is 35.3. The molecule has 4 fully saturated rings. The summed E-state index contributed by atoms with van der Waals surface area (Å²) < 4.78 is 35.2. The predicted octanol–water partition coefficient (Wildman–Crippen LogP) is 2.05. The van der Waals surface area contributed by atoms with E-state index >= 15 is 0 Å². The number of hydrogen-bond acceptors (Lipinski definition) is 9. The lowest BCUT2D eigenvalue weighted by Gasteiger charge is -2.54. The van der Waals surface area contributed by atoms with Crippen LogP contribution in [-0.2, 0) is 28.4 Å². The van der Waals surface area contributed by atoms with Crippen molar-refractivity contribution < 1.29 is 43.7 Å². The van der Waals surface area contributed by atoms with Crippen LogP contribution in [0.15, 0.2) is 0 Å². The van der Waals surface area contributed by atoms with Crippen LogP contribution in [-0.4, -0.2) is 92.1 Å². The minimum absolute atomic E-state index is 0.0484. The van der Waals surface area contributed by atoms with E-state index in [9.17, 15) is 15.3 Å². The lowest BCUT2D eigenvalue weighted by atomic mass is 9.57. The monoisotopic (exact) mass is 502 g/mol. The molecular weight excluding hydrogens is 456 g/mol. The first kappa shape index (κ1) is 27.7. The fourth-order valence-electron chi connectivity index (χ4n) is 8.87. The first-order valence-electron chi connectivity index (χ1n) is 12.8. The van der Waals surface area contributed by atoms with Crippen molar-refractivity contribution in [2.24, 2.45) is 28.6 Å². The molecule has 4 aliphatic carbocycles. The van der Waals surface area contributed by atoms with Gasteiger partial charge in [-0.25, -0.2) is 0 Å². The van der Waals surface area contributed by atoms with Gasteiger partial charge < -0.3 is 43.7 Å². The molecule has 4 aliphatic rings. The van der Waals surface area contributed by atoms with Gasteiger partial charge in [0, 0.05) is 44.0 Å². The Balaban J connectivity index is 1.88. The molecule has 10 atom stereocenters. The summed E-state index contributed by atoms with van der Waals surface area (Å²) in [6.45, 7) is 8.15. The number of rotatable bonds is 9. The zero-order valence-corrected chi connectivity index (χ0v) is 22.4. The van der Waals surface area contributed by atoms with Crippen molar-refractivity contribution in [1.82, 2.24) is 0 Å². The molecule has 0 unspecified atom stereocenters. The van der Waals surface area contributed by atoms with Crippen LogP contribution in [0.25, 0.3) is 0 Å². The first-order chi connectivity index (χ1) is 16.4. The van der Waals surface area contributed by atoms with Gasteiger partial charge in [-0.05, 0) is 51.9 Å². The van der Waals surface area contributed by atoms with E-state index in [1.54, 1.807) is 21.3 Å². The molecule has 0 heterocycles. The highest BCUT2D eigenvalue weighted by molar-refractivity contribution is 5.26. The molecule has 0 aromatic rings. The molecule has 0 aromatic carbocycles. The van der Waals surface area contributed by atoms with Crippen molar-refractivity contribution in [1.29, 1.82) is 0 Å². The number of ether oxygens (including phenoxy) is 6. The van der Waals surface area contributed by atoms with Crippen molar-refractivity contribution in [3.05, 3.63) is 0 Å². The molecule has 204 valence electrons. The molecule has 9 heteroatoms.